The highest BCUT2D eigenvalue weighted by molar-refractivity contribution is 7.99. The van der Waals surface area contributed by atoms with Crippen molar-refractivity contribution in [1.82, 2.24) is 29.8 Å². The predicted molar refractivity (Wildman–Crippen MR) is 148 cm³/mol. The van der Waals surface area contributed by atoms with Gasteiger partial charge in [0.15, 0.2) is 0 Å². The van der Waals surface area contributed by atoms with E-state index in [9.17, 15) is 4.79 Å². The Kier molecular flexibility index (Phi) is 6.36. The quantitative estimate of drug-likeness (QED) is 0.266. The Morgan fingerprint density at radius 1 is 1.14 bits per heavy atom. The van der Waals surface area contributed by atoms with Crippen LogP contribution >= 0.6 is 35.0 Å². The van der Waals surface area contributed by atoms with E-state index in [2.05, 4.69) is 30.2 Å². The van der Waals surface area contributed by atoms with Gasteiger partial charge in [-0.15, -0.1) is 11.8 Å². The third kappa shape index (κ3) is 4.58. The maximum absolute atomic E-state index is 13.6. The first-order chi connectivity index (χ1) is 18.0. The van der Waals surface area contributed by atoms with Gasteiger partial charge in [0.1, 0.15) is 23.3 Å². The average molecular weight is 550 g/mol. The molecule has 1 saturated heterocycles. The maximum Gasteiger partial charge on any atom is 0.256 e. The first-order valence-corrected chi connectivity index (χ1v) is 13.5. The number of nitrogens with one attached hydrogen (secondary N) is 2. The fraction of sp³-hybridized carbons (Fsp3) is 0.192. The highest BCUT2D eigenvalue weighted by atomic mass is 35.5. The van der Waals surface area contributed by atoms with Gasteiger partial charge in [-0.1, -0.05) is 23.2 Å². The van der Waals surface area contributed by atoms with Crippen LogP contribution in [0.5, 0.6) is 0 Å². The normalized spacial score (nSPS) is 16.4. The number of imidazole rings is 1. The highest BCUT2D eigenvalue weighted by Gasteiger charge is 2.32. The van der Waals surface area contributed by atoms with Crippen LogP contribution in [0.4, 0.5) is 5.82 Å². The molecule has 37 heavy (non-hydrogen) atoms. The zero-order valence-corrected chi connectivity index (χ0v) is 22.0. The Balaban J connectivity index is 1.29. The minimum atomic E-state index is -0.188. The van der Waals surface area contributed by atoms with Gasteiger partial charge in [0, 0.05) is 35.1 Å². The summed E-state index contributed by atoms with van der Waals surface area (Å²) in [6, 6.07) is 12.7. The van der Waals surface area contributed by atoms with Crippen LogP contribution < -0.4 is 5.32 Å². The van der Waals surface area contributed by atoms with Crippen LogP contribution in [0.2, 0.25) is 10.0 Å². The van der Waals surface area contributed by atoms with Gasteiger partial charge in [-0.3, -0.25) is 9.78 Å². The number of carbonyl (C=O) groups is 1. The SMILES string of the molecule is C[C@H](Nc1ncnc2cc(C(=O)N3CCS[C@@H]3c3ccncc3)c(Cl)cc12)c1nc2ccc(Cl)cc2[nH]1. The van der Waals surface area contributed by atoms with Crippen LogP contribution in [0.15, 0.2) is 61.2 Å². The summed E-state index contributed by atoms with van der Waals surface area (Å²) >= 11 is 14.5. The van der Waals surface area contributed by atoms with Gasteiger partial charge in [0.25, 0.3) is 5.91 Å². The smallest absolute Gasteiger partial charge is 0.256 e. The molecular weight excluding hydrogens is 529 g/mol. The molecule has 11 heteroatoms. The van der Waals surface area contributed by atoms with Crippen molar-refractivity contribution < 1.29 is 4.79 Å². The van der Waals surface area contributed by atoms with Crippen molar-refractivity contribution in [3.63, 3.8) is 0 Å². The number of hydrogen-bond donors (Lipinski definition) is 2. The van der Waals surface area contributed by atoms with Crippen molar-refractivity contribution in [2.75, 3.05) is 17.6 Å². The third-order valence-electron chi connectivity index (χ3n) is 6.32. The highest BCUT2D eigenvalue weighted by Crippen LogP contribution is 2.39. The lowest BCUT2D eigenvalue weighted by molar-refractivity contribution is 0.0760. The van der Waals surface area contributed by atoms with Crippen molar-refractivity contribution in [1.29, 1.82) is 0 Å². The van der Waals surface area contributed by atoms with Gasteiger partial charge >= 0.3 is 0 Å². The molecule has 5 aromatic rings. The van der Waals surface area contributed by atoms with Crippen molar-refractivity contribution in [2.45, 2.75) is 18.3 Å². The summed E-state index contributed by atoms with van der Waals surface area (Å²) in [5, 5.41) is 5.03. The van der Waals surface area contributed by atoms with Gasteiger partial charge in [0.05, 0.1) is 33.2 Å². The van der Waals surface area contributed by atoms with Crippen molar-refractivity contribution in [3.8, 4) is 0 Å². The van der Waals surface area contributed by atoms with Crippen molar-refractivity contribution >= 4 is 68.6 Å². The summed E-state index contributed by atoms with van der Waals surface area (Å²) in [4.78, 5) is 36.3. The Hall–Kier alpha value is -3.40. The van der Waals surface area contributed by atoms with Gasteiger partial charge in [-0.25, -0.2) is 15.0 Å². The van der Waals surface area contributed by atoms with E-state index in [1.54, 1.807) is 36.3 Å². The van der Waals surface area contributed by atoms with Crippen molar-refractivity contribution in [2.24, 2.45) is 0 Å². The number of carbonyl (C=O) groups excluding carboxylic acids is 1. The number of hydrogen-bond acceptors (Lipinski definition) is 7. The Morgan fingerprint density at radius 3 is 2.81 bits per heavy atom. The fourth-order valence-corrected chi connectivity index (χ4v) is 6.15. The zero-order valence-electron chi connectivity index (χ0n) is 19.7. The second-order valence-corrected chi connectivity index (χ2v) is 10.8. The molecule has 0 unspecified atom stereocenters. The number of aromatic amines is 1. The van der Waals surface area contributed by atoms with Crippen LogP contribution in [0, 0.1) is 0 Å². The minimum absolute atomic E-state index is 0.0792. The molecule has 1 aliphatic rings. The second kappa shape index (κ2) is 9.81. The lowest BCUT2D eigenvalue weighted by Gasteiger charge is -2.24. The maximum atomic E-state index is 13.6. The topological polar surface area (TPSA) is 99.7 Å². The number of benzene rings is 2. The van der Waals surface area contributed by atoms with Crippen LogP contribution in [-0.2, 0) is 0 Å². The molecule has 6 rings (SSSR count). The summed E-state index contributed by atoms with van der Waals surface area (Å²) in [5.74, 6) is 2.08. The summed E-state index contributed by atoms with van der Waals surface area (Å²) in [7, 11) is 0. The van der Waals surface area contributed by atoms with E-state index in [-0.39, 0.29) is 17.3 Å². The lowest BCUT2D eigenvalue weighted by atomic mass is 10.1. The van der Waals surface area contributed by atoms with Crippen molar-refractivity contribution in [3.05, 3.63) is 88.2 Å². The van der Waals surface area contributed by atoms with Crippen LogP contribution in [-0.4, -0.2) is 48.0 Å². The molecule has 0 bridgehead atoms. The molecule has 186 valence electrons. The largest absolute Gasteiger partial charge is 0.360 e. The van der Waals surface area contributed by atoms with E-state index < -0.39 is 0 Å². The molecular formula is C26H21Cl2N7OS. The predicted octanol–water partition coefficient (Wildman–Crippen LogP) is 6.27. The average Bonchev–Trinajstić information content (AvgIpc) is 3.56. The first kappa shape index (κ1) is 24.0. The van der Waals surface area contributed by atoms with Gasteiger partial charge in [-0.2, -0.15) is 0 Å². The third-order valence-corrected chi connectivity index (χ3v) is 8.13. The van der Waals surface area contributed by atoms with E-state index in [4.69, 9.17) is 23.2 Å². The van der Waals surface area contributed by atoms with Crippen LogP contribution in [0.3, 0.4) is 0 Å². The molecule has 2 atom stereocenters. The Labute approximate surface area is 226 Å². The van der Waals surface area contributed by atoms with E-state index >= 15 is 0 Å². The number of nitrogens with zero attached hydrogens (tertiary/aromatic N) is 5. The molecule has 1 fully saturated rings. The second-order valence-electron chi connectivity index (χ2n) is 8.72. The first-order valence-electron chi connectivity index (χ1n) is 11.7. The van der Waals surface area contributed by atoms with Gasteiger partial charge in [-0.05, 0) is 55.0 Å². The number of aromatic nitrogens is 5. The number of H-pyrrole nitrogens is 1. The Morgan fingerprint density at radius 2 is 1.97 bits per heavy atom. The molecule has 0 aliphatic carbocycles. The van der Waals surface area contributed by atoms with E-state index in [1.807, 2.05) is 42.2 Å². The Bertz CT molecular complexity index is 1630. The summed E-state index contributed by atoms with van der Waals surface area (Å²) in [6.07, 6.45) is 4.96. The number of thioether (sulfide) groups is 1. The lowest BCUT2D eigenvalue weighted by Crippen LogP contribution is -2.30. The summed E-state index contributed by atoms with van der Waals surface area (Å²) in [5.41, 5.74) is 3.78. The number of halogens is 2. The molecule has 2 N–H and O–H groups in total. The number of rotatable bonds is 5. The van der Waals surface area contributed by atoms with E-state index in [0.29, 0.717) is 33.5 Å². The molecule has 0 radical (unpaired) electrons. The summed E-state index contributed by atoms with van der Waals surface area (Å²) in [6.45, 7) is 2.62. The molecule has 0 spiro atoms. The van der Waals surface area contributed by atoms with E-state index in [1.165, 1.54) is 6.33 Å². The van der Waals surface area contributed by atoms with Crippen LogP contribution in [0.25, 0.3) is 21.9 Å². The molecule has 3 aromatic heterocycles. The molecule has 1 amide bonds. The molecule has 8 nitrogen and oxygen atoms in total. The number of fused-ring (bicyclic) bond motifs is 2. The van der Waals surface area contributed by atoms with Gasteiger partial charge in [0.2, 0.25) is 0 Å². The minimum Gasteiger partial charge on any atom is -0.360 e. The molecule has 0 saturated carbocycles. The standard InChI is InChI=1S/C26H21Cl2N7OS/c1-14(23-33-20-3-2-16(27)10-22(20)34-23)32-24-18-11-19(28)17(12-21(18)30-13-31-24)25(36)35-8-9-37-26(35)15-4-6-29-7-5-15/h2-7,10-14,26H,8-9H2,1H3,(H,33,34)(H,30,31,32)/t14-,26+/m0/s1. The summed E-state index contributed by atoms with van der Waals surface area (Å²) < 4.78 is 0. The van der Waals surface area contributed by atoms with Crippen LogP contribution in [0.1, 0.15) is 40.1 Å². The number of amides is 1. The molecule has 1 aliphatic heterocycles. The monoisotopic (exact) mass is 549 g/mol. The van der Waals surface area contributed by atoms with Gasteiger partial charge < -0.3 is 15.2 Å². The number of pyridine rings is 1. The molecule has 4 heterocycles. The molecule has 2 aromatic carbocycles. The van der Waals surface area contributed by atoms with E-state index in [0.717, 1.165) is 33.6 Å². The fourth-order valence-electron chi connectivity index (χ4n) is 4.47. The number of anilines is 1. The zero-order chi connectivity index (χ0) is 25.5.